The lowest BCUT2D eigenvalue weighted by Gasteiger charge is -2.28. The maximum atomic E-state index is 5.26. The second kappa shape index (κ2) is 7.39. The van der Waals surface area contributed by atoms with Crippen LogP contribution in [-0.4, -0.2) is 50.4 Å². The van der Waals surface area contributed by atoms with E-state index >= 15 is 0 Å². The van der Waals surface area contributed by atoms with E-state index in [9.17, 15) is 0 Å². The summed E-state index contributed by atoms with van der Waals surface area (Å²) >= 11 is 0. The van der Waals surface area contributed by atoms with Crippen LogP contribution in [0.3, 0.4) is 0 Å². The first-order chi connectivity index (χ1) is 11.3. The number of rotatable bonds is 5. The number of benzene rings is 1. The van der Waals surface area contributed by atoms with E-state index in [2.05, 4.69) is 15.2 Å². The molecule has 1 aliphatic rings. The molecule has 0 radical (unpaired) electrons. The van der Waals surface area contributed by atoms with Crippen LogP contribution < -0.4 is 15.0 Å². The summed E-state index contributed by atoms with van der Waals surface area (Å²) in [5.74, 6) is 2.50. The van der Waals surface area contributed by atoms with Gasteiger partial charge in [-0.15, -0.1) is 0 Å². The molecule has 1 N–H and O–H groups in total. The SMILES string of the molecule is COCc1cc(N2CCNCC2)nc(-c2ccc(OC)cc2)n1. The van der Waals surface area contributed by atoms with Crippen LogP contribution >= 0.6 is 0 Å². The molecule has 0 atom stereocenters. The summed E-state index contributed by atoms with van der Waals surface area (Å²) in [5.41, 5.74) is 1.86. The number of anilines is 1. The molecule has 1 aromatic heterocycles. The zero-order chi connectivity index (χ0) is 16.1. The molecule has 2 aromatic rings. The standard InChI is InChI=1S/C17H22N4O2/c1-22-12-14-11-16(21-9-7-18-8-10-21)20-17(19-14)13-3-5-15(23-2)6-4-13/h3-6,11,18H,7-10,12H2,1-2H3. The third-order valence-electron chi connectivity index (χ3n) is 3.85. The predicted octanol–water partition coefficient (Wildman–Crippen LogP) is 1.71. The number of nitrogens with one attached hydrogen (secondary N) is 1. The number of aromatic nitrogens is 2. The number of hydrogen-bond donors (Lipinski definition) is 1. The molecule has 0 spiro atoms. The van der Waals surface area contributed by atoms with Gasteiger partial charge in [-0.3, -0.25) is 0 Å². The van der Waals surface area contributed by atoms with Crippen molar-refractivity contribution in [1.29, 1.82) is 0 Å². The molecule has 6 heteroatoms. The third kappa shape index (κ3) is 3.78. The number of nitrogens with zero attached hydrogens (tertiary/aromatic N) is 3. The Morgan fingerprint density at radius 3 is 2.48 bits per heavy atom. The van der Waals surface area contributed by atoms with Crippen LogP contribution in [0.5, 0.6) is 5.75 Å². The van der Waals surface area contributed by atoms with Gasteiger partial charge in [0, 0.05) is 44.9 Å². The number of hydrogen-bond acceptors (Lipinski definition) is 6. The fourth-order valence-corrected chi connectivity index (χ4v) is 2.63. The highest BCUT2D eigenvalue weighted by Crippen LogP contribution is 2.23. The number of ether oxygens (including phenoxy) is 2. The van der Waals surface area contributed by atoms with Crippen molar-refractivity contribution < 1.29 is 9.47 Å². The molecule has 0 amide bonds. The van der Waals surface area contributed by atoms with Crippen LogP contribution in [0.1, 0.15) is 5.69 Å². The molecular weight excluding hydrogens is 292 g/mol. The second-order valence-electron chi connectivity index (χ2n) is 5.44. The highest BCUT2D eigenvalue weighted by Gasteiger charge is 2.15. The molecule has 0 unspecified atom stereocenters. The Morgan fingerprint density at radius 2 is 1.83 bits per heavy atom. The Kier molecular flexibility index (Phi) is 5.05. The Bertz CT molecular complexity index is 640. The first kappa shape index (κ1) is 15.7. The molecule has 2 heterocycles. The van der Waals surface area contributed by atoms with E-state index in [1.165, 1.54) is 0 Å². The highest BCUT2D eigenvalue weighted by atomic mass is 16.5. The molecular formula is C17H22N4O2. The quantitative estimate of drug-likeness (QED) is 0.906. The minimum atomic E-state index is 0.477. The first-order valence-corrected chi connectivity index (χ1v) is 7.77. The van der Waals surface area contributed by atoms with E-state index in [0.29, 0.717) is 6.61 Å². The van der Waals surface area contributed by atoms with Gasteiger partial charge in [0.2, 0.25) is 0 Å². The average Bonchev–Trinajstić information content (AvgIpc) is 2.62. The van der Waals surface area contributed by atoms with Crippen LogP contribution in [-0.2, 0) is 11.3 Å². The van der Waals surface area contributed by atoms with Gasteiger partial charge in [0.05, 0.1) is 19.4 Å². The maximum absolute atomic E-state index is 5.26. The smallest absolute Gasteiger partial charge is 0.161 e. The lowest BCUT2D eigenvalue weighted by atomic mass is 10.2. The Balaban J connectivity index is 1.95. The summed E-state index contributed by atoms with van der Waals surface area (Å²) in [6, 6.07) is 9.82. The molecule has 1 aliphatic heterocycles. The average molecular weight is 314 g/mol. The van der Waals surface area contributed by atoms with E-state index in [4.69, 9.17) is 14.5 Å². The minimum absolute atomic E-state index is 0.477. The van der Waals surface area contributed by atoms with Crippen molar-refractivity contribution in [1.82, 2.24) is 15.3 Å². The highest BCUT2D eigenvalue weighted by molar-refractivity contribution is 5.59. The Labute approximate surface area is 136 Å². The van der Waals surface area contributed by atoms with Crippen molar-refractivity contribution >= 4 is 5.82 Å². The van der Waals surface area contributed by atoms with Crippen molar-refractivity contribution in [2.75, 3.05) is 45.3 Å². The molecule has 1 saturated heterocycles. The summed E-state index contributed by atoms with van der Waals surface area (Å²) in [4.78, 5) is 11.7. The van der Waals surface area contributed by atoms with Crippen molar-refractivity contribution in [3.8, 4) is 17.1 Å². The van der Waals surface area contributed by atoms with Gasteiger partial charge in [-0.25, -0.2) is 9.97 Å². The van der Waals surface area contributed by atoms with Gasteiger partial charge >= 0.3 is 0 Å². The van der Waals surface area contributed by atoms with Crippen molar-refractivity contribution in [2.45, 2.75) is 6.61 Å². The van der Waals surface area contributed by atoms with E-state index in [1.54, 1.807) is 14.2 Å². The molecule has 122 valence electrons. The van der Waals surface area contributed by atoms with Gasteiger partial charge in [-0.05, 0) is 24.3 Å². The number of piperazine rings is 1. The van der Waals surface area contributed by atoms with Gasteiger partial charge in [0.1, 0.15) is 11.6 Å². The van der Waals surface area contributed by atoms with E-state index in [-0.39, 0.29) is 0 Å². The van der Waals surface area contributed by atoms with Gasteiger partial charge < -0.3 is 19.7 Å². The molecule has 6 nitrogen and oxygen atoms in total. The predicted molar refractivity (Wildman–Crippen MR) is 89.8 cm³/mol. The maximum Gasteiger partial charge on any atom is 0.161 e. The summed E-state index contributed by atoms with van der Waals surface area (Å²) in [6.07, 6.45) is 0. The molecule has 23 heavy (non-hydrogen) atoms. The molecule has 0 saturated carbocycles. The molecule has 0 aliphatic carbocycles. The van der Waals surface area contributed by atoms with Gasteiger partial charge in [0.15, 0.2) is 5.82 Å². The fraction of sp³-hybridized carbons (Fsp3) is 0.412. The second-order valence-corrected chi connectivity index (χ2v) is 5.44. The summed E-state index contributed by atoms with van der Waals surface area (Å²) in [5, 5.41) is 3.36. The lowest BCUT2D eigenvalue weighted by Crippen LogP contribution is -2.44. The van der Waals surface area contributed by atoms with Crippen molar-refractivity contribution in [2.24, 2.45) is 0 Å². The largest absolute Gasteiger partial charge is 0.497 e. The summed E-state index contributed by atoms with van der Waals surface area (Å²) in [6.45, 7) is 4.32. The topological polar surface area (TPSA) is 59.5 Å². The van der Waals surface area contributed by atoms with E-state index in [1.807, 2.05) is 30.3 Å². The van der Waals surface area contributed by atoms with Crippen LogP contribution in [0.25, 0.3) is 11.4 Å². The lowest BCUT2D eigenvalue weighted by molar-refractivity contribution is 0.181. The van der Waals surface area contributed by atoms with E-state index < -0.39 is 0 Å². The van der Waals surface area contributed by atoms with Crippen LogP contribution in [0.4, 0.5) is 5.82 Å². The fourth-order valence-electron chi connectivity index (χ4n) is 2.63. The molecule has 0 bridgehead atoms. The summed E-state index contributed by atoms with van der Waals surface area (Å²) in [7, 11) is 3.34. The van der Waals surface area contributed by atoms with Crippen molar-refractivity contribution in [3.05, 3.63) is 36.0 Å². The zero-order valence-electron chi connectivity index (χ0n) is 13.6. The van der Waals surface area contributed by atoms with E-state index in [0.717, 1.165) is 54.8 Å². The van der Waals surface area contributed by atoms with Crippen molar-refractivity contribution in [3.63, 3.8) is 0 Å². The first-order valence-electron chi connectivity index (χ1n) is 7.77. The monoisotopic (exact) mass is 314 g/mol. The van der Waals surface area contributed by atoms with Crippen LogP contribution in [0.2, 0.25) is 0 Å². The van der Waals surface area contributed by atoms with Gasteiger partial charge in [0.25, 0.3) is 0 Å². The Hall–Kier alpha value is -2.18. The zero-order valence-corrected chi connectivity index (χ0v) is 13.6. The Morgan fingerprint density at radius 1 is 1.09 bits per heavy atom. The third-order valence-corrected chi connectivity index (χ3v) is 3.85. The van der Waals surface area contributed by atoms with Gasteiger partial charge in [-0.2, -0.15) is 0 Å². The summed E-state index contributed by atoms with van der Waals surface area (Å²) < 4.78 is 10.5. The minimum Gasteiger partial charge on any atom is -0.497 e. The molecule has 1 fully saturated rings. The van der Waals surface area contributed by atoms with Gasteiger partial charge in [-0.1, -0.05) is 0 Å². The van der Waals surface area contributed by atoms with Crippen LogP contribution in [0.15, 0.2) is 30.3 Å². The molecule has 1 aromatic carbocycles. The number of methoxy groups -OCH3 is 2. The van der Waals surface area contributed by atoms with Crippen LogP contribution in [0, 0.1) is 0 Å². The normalized spacial score (nSPS) is 14.8. The molecule has 3 rings (SSSR count).